The smallest absolute Gasteiger partial charge is 0.411 e. The average Bonchev–Trinajstić information content (AvgIpc) is 2.59. The highest BCUT2D eigenvalue weighted by molar-refractivity contribution is 5.89. The van der Waals surface area contributed by atoms with Crippen LogP contribution in [0.1, 0.15) is 40.0 Å². The van der Waals surface area contributed by atoms with E-state index < -0.39 is 30.1 Å². The second-order valence-electron chi connectivity index (χ2n) is 5.55. The topological polar surface area (TPSA) is 76.2 Å². The van der Waals surface area contributed by atoms with Gasteiger partial charge >= 0.3 is 12.1 Å². The molecule has 0 saturated carbocycles. The first-order valence-electron chi connectivity index (χ1n) is 8.04. The molecule has 2 atom stereocenters. The molecule has 0 N–H and O–H groups in total. The zero-order valence-corrected chi connectivity index (χ0v) is 15.2. The van der Waals surface area contributed by atoms with E-state index in [-0.39, 0.29) is 6.61 Å². The summed E-state index contributed by atoms with van der Waals surface area (Å²) in [5.41, 5.74) is 0. The van der Waals surface area contributed by atoms with Crippen LogP contribution in [0.2, 0.25) is 0 Å². The fourth-order valence-corrected chi connectivity index (χ4v) is 1.82. The highest BCUT2D eigenvalue weighted by Gasteiger charge is 2.31. The summed E-state index contributed by atoms with van der Waals surface area (Å²) in [6.45, 7) is 5.37. The molecule has 0 aromatic heterocycles. The summed E-state index contributed by atoms with van der Waals surface area (Å²) < 4.78 is 9.93. The predicted molar refractivity (Wildman–Crippen MR) is 90.1 cm³/mol. The van der Waals surface area contributed by atoms with Crippen LogP contribution < -0.4 is 0 Å². The third kappa shape index (κ3) is 6.90. The van der Waals surface area contributed by atoms with Crippen LogP contribution in [0.3, 0.4) is 0 Å². The van der Waals surface area contributed by atoms with E-state index in [4.69, 9.17) is 15.9 Å². The number of ether oxygens (including phenoxy) is 2. The highest BCUT2D eigenvalue weighted by Crippen LogP contribution is 2.08. The van der Waals surface area contributed by atoms with Crippen molar-refractivity contribution in [1.29, 1.82) is 0 Å². The molecule has 0 aliphatic rings. The number of amides is 2. The lowest BCUT2D eigenvalue weighted by molar-refractivity contribution is -0.154. The molecule has 0 aromatic carbocycles. The molecule has 0 heterocycles. The molecule has 7 nitrogen and oxygen atoms in total. The molecule has 0 spiro atoms. The number of hydrogen-bond donors (Lipinski definition) is 0. The molecular weight excluding hydrogens is 312 g/mol. The average molecular weight is 340 g/mol. The number of hydrogen-bond acceptors (Lipinski definition) is 5. The van der Waals surface area contributed by atoms with E-state index in [1.165, 1.54) is 19.0 Å². The van der Waals surface area contributed by atoms with Crippen LogP contribution in [-0.2, 0) is 19.1 Å². The van der Waals surface area contributed by atoms with Crippen LogP contribution >= 0.6 is 0 Å². The zero-order chi connectivity index (χ0) is 18.7. The molecule has 24 heavy (non-hydrogen) atoms. The minimum absolute atomic E-state index is 0.166. The summed E-state index contributed by atoms with van der Waals surface area (Å²) in [5, 5.41) is 0. The molecule has 0 rings (SSSR count). The van der Waals surface area contributed by atoms with Crippen molar-refractivity contribution in [3.8, 4) is 12.3 Å². The maximum Gasteiger partial charge on any atom is 0.411 e. The van der Waals surface area contributed by atoms with Crippen LogP contribution in [0.4, 0.5) is 4.79 Å². The molecule has 0 aliphatic heterocycles. The molecule has 136 valence electrons. The van der Waals surface area contributed by atoms with Crippen molar-refractivity contribution in [3.63, 3.8) is 0 Å². The molecule has 2 amide bonds. The predicted octanol–water partition coefficient (Wildman–Crippen LogP) is 1.66. The minimum Gasteiger partial charge on any atom is -0.464 e. The summed E-state index contributed by atoms with van der Waals surface area (Å²) in [6, 6.07) is -1.53. The quantitative estimate of drug-likeness (QED) is 0.362. The van der Waals surface area contributed by atoms with Crippen LogP contribution in [0.15, 0.2) is 0 Å². The minimum atomic E-state index is -0.796. The number of likely N-dealkylation sites (N-methyl/N-ethyl adjacent to an activating group) is 2. The molecule has 0 saturated heterocycles. The van der Waals surface area contributed by atoms with Crippen LogP contribution in [0.5, 0.6) is 0 Å². The first kappa shape index (κ1) is 21.8. The van der Waals surface area contributed by atoms with Crippen molar-refractivity contribution in [2.75, 3.05) is 27.3 Å². The number of carbonyl (C=O) groups is 3. The highest BCUT2D eigenvalue weighted by atomic mass is 16.6. The van der Waals surface area contributed by atoms with Gasteiger partial charge in [-0.3, -0.25) is 9.69 Å². The first-order chi connectivity index (χ1) is 11.3. The van der Waals surface area contributed by atoms with Gasteiger partial charge in [-0.25, -0.2) is 9.59 Å². The Morgan fingerprint density at radius 1 is 1.04 bits per heavy atom. The van der Waals surface area contributed by atoms with Crippen LogP contribution in [-0.4, -0.2) is 67.2 Å². The van der Waals surface area contributed by atoms with Gasteiger partial charge in [-0.05, 0) is 20.3 Å². The number of nitrogens with zero attached hydrogens (tertiary/aromatic N) is 2. The van der Waals surface area contributed by atoms with Crippen molar-refractivity contribution in [1.82, 2.24) is 9.80 Å². The Morgan fingerprint density at radius 3 is 2.21 bits per heavy atom. The summed E-state index contributed by atoms with van der Waals surface area (Å²) in [6.07, 6.45) is 7.14. The Hall–Kier alpha value is -2.23. The van der Waals surface area contributed by atoms with E-state index in [0.717, 1.165) is 24.2 Å². The number of rotatable bonds is 9. The van der Waals surface area contributed by atoms with Crippen molar-refractivity contribution in [2.45, 2.75) is 52.1 Å². The summed E-state index contributed by atoms with van der Waals surface area (Å²) in [7, 11) is 2.93. The van der Waals surface area contributed by atoms with Gasteiger partial charge in [0.25, 0.3) is 0 Å². The molecule has 0 radical (unpaired) electrons. The maximum atomic E-state index is 12.4. The van der Waals surface area contributed by atoms with E-state index in [9.17, 15) is 14.4 Å². The Bertz CT molecular complexity index is 472. The van der Waals surface area contributed by atoms with Crippen LogP contribution in [0.25, 0.3) is 0 Å². The van der Waals surface area contributed by atoms with Crippen molar-refractivity contribution < 1.29 is 23.9 Å². The second-order valence-corrected chi connectivity index (χ2v) is 5.55. The Kier molecular flexibility index (Phi) is 10.3. The first-order valence-corrected chi connectivity index (χ1v) is 8.04. The summed E-state index contributed by atoms with van der Waals surface area (Å²) in [4.78, 5) is 38.5. The molecule has 7 heteroatoms. The molecule has 2 unspecified atom stereocenters. The number of carbonyl (C=O) groups excluding carboxylic acids is 3. The lowest BCUT2D eigenvalue weighted by Crippen LogP contribution is -2.51. The van der Waals surface area contributed by atoms with Gasteiger partial charge in [-0.2, -0.15) is 0 Å². The number of unbranched alkanes of at least 4 members (excludes halogenated alkanes) is 2. The van der Waals surface area contributed by atoms with Gasteiger partial charge in [0.2, 0.25) is 5.91 Å². The van der Waals surface area contributed by atoms with E-state index in [1.807, 2.05) is 0 Å². The van der Waals surface area contributed by atoms with Gasteiger partial charge in [-0.1, -0.05) is 25.7 Å². The van der Waals surface area contributed by atoms with Gasteiger partial charge in [0.1, 0.15) is 12.1 Å². The molecule has 0 fully saturated rings. The summed E-state index contributed by atoms with van der Waals surface area (Å²) >= 11 is 0. The third-order valence-electron chi connectivity index (χ3n) is 3.77. The summed E-state index contributed by atoms with van der Waals surface area (Å²) in [5.74, 6) is 1.32. The van der Waals surface area contributed by atoms with Crippen LogP contribution in [0, 0.1) is 12.3 Å². The Balaban J connectivity index is 4.58. The SMILES string of the molecule is C#CCOC(=O)N(C)C(C)C(=O)N(C)C(C)C(=O)OCCCCC. The monoisotopic (exact) mass is 340 g/mol. The Morgan fingerprint density at radius 2 is 1.67 bits per heavy atom. The lowest BCUT2D eigenvalue weighted by Gasteiger charge is -2.30. The third-order valence-corrected chi connectivity index (χ3v) is 3.77. The van der Waals surface area contributed by atoms with E-state index in [1.54, 1.807) is 13.8 Å². The number of esters is 1. The standard InChI is InChI=1S/C17H28N2O5/c1-7-9-10-12-23-16(21)14(4)18(5)15(20)13(3)19(6)17(22)24-11-8-2/h2,13-14H,7,9-12H2,1,3-6H3. The molecule has 0 aliphatic carbocycles. The molecule has 0 aromatic rings. The van der Waals surface area contributed by atoms with E-state index in [0.29, 0.717) is 6.61 Å². The largest absolute Gasteiger partial charge is 0.464 e. The zero-order valence-electron chi connectivity index (χ0n) is 15.2. The van der Waals surface area contributed by atoms with Crippen molar-refractivity contribution in [2.24, 2.45) is 0 Å². The van der Waals surface area contributed by atoms with Gasteiger partial charge in [0.05, 0.1) is 6.61 Å². The van der Waals surface area contributed by atoms with Gasteiger partial charge in [0.15, 0.2) is 6.61 Å². The number of terminal acetylenes is 1. The maximum absolute atomic E-state index is 12.4. The van der Waals surface area contributed by atoms with Crippen molar-refractivity contribution in [3.05, 3.63) is 0 Å². The van der Waals surface area contributed by atoms with Gasteiger partial charge < -0.3 is 14.4 Å². The normalized spacial score (nSPS) is 12.5. The lowest BCUT2D eigenvalue weighted by atomic mass is 10.2. The van der Waals surface area contributed by atoms with Gasteiger partial charge in [0, 0.05) is 14.1 Å². The molecular formula is C17H28N2O5. The van der Waals surface area contributed by atoms with E-state index >= 15 is 0 Å². The van der Waals surface area contributed by atoms with E-state index in [2.05, 4.69) is 12.8 Å². The fourth-order valence-electron chi connectivity index (χ4n) is 1.82. The Labute approximate surface area is 144 Å². The fraction of sp³-hybridized carbons (Fsp3) is 0.706. The molecule has 0 bridgehead atoms. The second kappa shape index (κ2) is 11.3. The van der Waals surface area contributed by atoms with Crippen molar-refractivity contribution >= 4 is 18.0 Å². The van der Waals surface area contributed by atoms with Gasteiger partial charge in [-0.15, -0.1) is 6.42 Å².